The van der Waals surface area contributed by atoms with Crippen molar-refractivity contribution in [2.45, 2.75) is 65.5 Å². The van der Waals surface area contributed by atoms with Crippen LogP contribution in [0, 0.1) is 31.1 Å². The Hall–Kier alpha value is -2.58. The van der Waals surface area contributed by atoms with Crippen LogP contribution in [0.15, 0.2) is 30.3 Å². The molecule has 29 heavy (non-hydrogen) atoms. The molecule has 2 aromatic rings. The molecule has 3 rings (SSSR count). The van der Waals surface area contributed by atoms with Gasteiger partial charge in [-0.25, -0.2) is 0 Å². The number of anilines is 1. The van der Waals surface area contributed by atoms with Crippen molar-refractivity contribution in [1.29, 1.82) is 5.26 Å². The SMILES string of the molecule is Cc1c(C#N)c(NC(=O)CNC(c2ccccc2)C(C)C)n(C2CCCC2)c1C. The lowest BCUT2D eigenvalue weighted by Crippen LogP contribution is -2.34. The van der Waals surface area contributed by atoms with E-state index < -0.39 is 0 Å². The number of carbonyl (C=O) groups is 1. The maximum absolute atomic E-state index is 12.8. The Morgan fingerprint density at radius 2 is 1.86 bits per heavy atom. The van der Waals surface area contributed by atoms with Gasteiger partial charge in [0.25, 0.3) is 0 Å². The molecule has 0 bridgehead atoms. The molecule has 5 nitrogen and oxygen atoms in total. The zero-order chi connectivity index (χ0) is 21.0. The summed E-state index contributed by atoms with van der Waals surface area (Å²) >= 11 is 0. The van der Waals surface area contributed by atoms with Crippen LogP contribution in [0.3, 0.4) is 0 Å². The summed E-state index contributed by atoms with van der Waals surface area (Å²) in [6.07, 6.45) is 4.60. The quantitative estimate of drug-likeness (QED) is 0.695. The molecular weight excluding hydrogens is 360 g/mol. The van der Waals surface area contributed by atoms with Crippen LogP contribution in [0.2, 0.25) is 0 Å². The lowest BCUT2D eigenvalue weighted by atomic mass is 9.96. The fraction of sp³-hybridized carbons (Fsp3) is 0.500. The molecule has 0 spiro atoms. The minimum Gasteiger partial charge on any atom is -0.327 e. The molecule has 1 saturated carbocycles. The van der Waals surface area contributed by atoms with Gasteiger partial charge in [-0.15, -0.1) is 0 Å². The van der Waals surface area contributed by atoms with Gasteiger partial charge in [-0.3, -0.25) is 4.79 Å². The van der Waals surface area contributed by atoms with Crippen LogP contribution in [0.1, 0.15) is 74.0 Å². The number of nitrogens with zero attached hydrogens (tertiary/aromatic N) is 2. The fourth-order valence-corrected chi connectivity index (χ4v) is 4.48. The van der Waals surface area contributed by atoms with Crippen LogP contribution >= 0.6 is 0 Å². The van der Waals surface area contributed by atoms with Gasteiger partial charge in [0.05, 0.1) is 12.1 Å². The Morgan fingerprint density at radius 3 is 2.45 bits per heavy atom. The molecule has 1 aromatic heterocycles. The van der Waals surface area contributed by atoms with Gasteiger partial charge in [-0.1, -0.05) is 57.0 Å². The van der Waals surface area contributed by atoms with Crippen LogP contribution in [-0.2, 0) is 4.79 Å². The van der Waals surface area contributed by atoms with Crippen molar-refractivity contribution in [2.24, 2.45) is 5.92 Å². The van der Waals surface area contributed by atoms with E-state index in [0.29, 0.717) is 23.3 Å². The standard InChI is InChI=1S/C24H32N4O/c1-16(2)23(19-10-6-5-7-11-19)26-15-22(29)27-24-21(14-25)17(3)18(4)28(24)20-12-8-9-13-20/h5-7,10-11,16,20,23,26H,8-9,12-13,15H2,1-4H3,(H,27,29). The normalized spacial score (nSPS) is 15.4. The van der Waals surface area contributed by atoms with E-state index in [0.717, 1.165) is 24.1 Å². The van der Waals surface area contributed by atoms with Gasteiger partial charge < -0.3 is 15.2 Å². The number of nitriles is 1. The Balaban J connectivity index is 1.77. The first kappa shape index (κ1) is 21.1. The predicted molar refractivity (Wildman–Crippen MR) is 117 cm³/mol. The first-order valence-electron chi connectivity index (χ1n) is 10.6. The maximum atomic E-state index is 12.8. The molecule has 1 unspecified atom stereocenters. The number of hydrogen-bond donors (Lipinski definition) is 2. The number of benzene rings is 1. The molecule has 1 amide bonds. The van der Waals surface area contributed by atoms with Crippen molar-refractivity contribution < 1.29 is 4.79 Å². The summed E-state index contributed by atoms with van der Waals surface area (Å²) in [4.78, 5) is 12.8. The molecule has 1 aliphatic rings. The highest BCUT2D eigenvalue weighted by Crippen LogP contribution is 2.37. The molecule has 2 N–H and O–H groups in total. The average Bonchev–Trinajstić information content (AvgIpc) is 3.30. The molecule has 1 atom stereocenters. The summed E-state index contributed by atoms with van der Waals surface area (Å²) in [5.41, 5.74) is 3.81. The van der Waals surface area contributed by atoms with Crippen LogP contribution in [0.5, 0.6) is 0 Å². The predicted octanol–water partition coefficient (Wildman–Crippen LogP) is 5.02. The Kier molecular flexibility index (Phi) is 6.76. The van der Waals surface area contributed by atoms with Gasteiger partial charge >= 0.3 is 0 Å². The number of carbonyl (C=O) groups excluding carboxylic acids is 1. The monoisotopic (exact) mass is 392 g/mol. The Labute approximate surface area is 174 Å². The minimum absolute atomic E-state index is 0.0995. The van der Waals surface area contributed by atoms with Gasteiger partial charge in [-0.05, 0) is 43.7 Å². The van der Waals surface area contributed by atoms with Gasteiger partial charge in [0, 0.05) is 17.8 Å². The fourth-order valence-electron chi connectivity index (χ4n) is 4.48. The Morgan fingerprint density at radius 1 is 1.21 bits per heavy atom. The van der Waals surface area contributed by atoms with E-state index in [1.54, 1.807) is 0 Å². The second kappa shape index (κ2) is 9.28. The molecule has 5 heteroatoms. The maximum Gasteiger partial charge on any atom is 0.239 e. The van der Waals surface area contributed by atoms with Crippen LogP contribution in [0.25, 0.3) is 0 Å². The number of rotatable bonds is 7. The lowest BCUT2D eigenvalue weighted by Gasteiger charge is -2.23. The molecule has 0 saturated heterocycles. The lowest BCUT2D eigenvalue weighted by molar-refractivity contribution is -0.115. The highest BCUT2D eigenvalue weighted by Gasteiger charge is 2.27. The van der Waals surface area contributed by atoms with Crippen LogP contribution in [-0.4, -0.2) is 17.0 Å². The number of aromatic nitrogens is 1. The first-order chi connectivity index (χ1) is 13.9. The van der Waals surface area contributed by atoms with Gasteiger partial charge in [0.1, 0.15) is 11.9 Å². The summed E-state index contributed by atoms with van der Waals surface area (Å²) in [7, 11) is 0. The van der Waals surface area contributed by atoms with E-state index in [4.69, 9.17) is 0 Å². The van der Waals surface area contributed by atoms with Crippen molar-refractivity contribution in [3.63, 3.8) is 0 Å². The van der Waals surface area contributed by atoms with Gasteiger partial charge in [0.2, 0.25) is 5.91 Å². The molecular formula is C24H32N4O. The molecule has 154 valence electrons. The second-order valence-electron chi connectivity index (χ2n) is 8.42. The van der Waals surface area contributed by atoms with Crippen molar-refractivity contribution in [3.05, 3.63) is 52.7 Å². The van der Waals surface area contributed by atoms with E-state index in [9.17, 15) is 10.1 Å². The first-order valence-corrected chi connectivity index (χ1v) is 10.6. The van der Waals surface area contributed by atoms with E-state index in [1.165, 1.54) is 18.4 Å². The van der Waals surface area contributed by atoms with Gasteiger partial charge in [0.15, 0.2) is 0 Å². The zero-order valence-corrected chi connectivity index (χ0v) is 18.0. The zero-order valence-electron chi connectivity index (χ0n) is 18.0. The molecule has 1 aromatic carbocycles. The summed E-state index contributed by atoms with van der Waals surface area (Å²) < 4.78 is 2.19. The molecule has 1 heterocycles. The third-order valence-electron chi connectivity index (χ3n) is 6.12. The largest absolute Gasteiger partial charge is 0.327 e. The third-order valence-corrected chi connectivity index (χ3v) is 6.12. The third kappa shape index (κ3) is 4.54. The highest BCUT2D eigenvalue weighted by molar-refractivity contribution is 5.93. The van der Waals surface area contributed by atoms with Crippen molar-refractivity contribution in [1.82, 2.24) is 9.88 Å². The van der Waals surface area contributed by atoms with Crippen molar-refractivity contribution in [3.8, 4) is 6.07 Å². The highest BCUT2D eigenvalue weighted by atomic mass is 16.2. The summed E-state index contributed by atoms with van der Waals surface area (Å²) in [6, 6.07) is 13.0. The van der Waals surface area contributed by atoms with E-state index >= 15 is 0 Å². The molecule has 1 fully saturated rings. The van der Waals surface area contributed by atoms with E-state index in [1.807, 2.05) is 32.0 Å². The van der Waals surface area contributed by atoms with Crippen LogP contribution < -0.4 is 10.6 Å². The number of hydrogen-bond acceptors (Lipinski definition) is 3. The van der Waals surface area contributed by atoms with E-state index in [-0.39, 0.29) is 18.5 Å². The van der Waals surface area contributed by atoms with Gasteiger partial charge in [-0.2, -0.15) is 5.26 Å². The van der Waals surface area contributed by atoms with Crippen LogP contribution in [0.4, 0.5) is 5.82 Å². The molecule has 0 aliphatic heterocycles. The topological polar surface area (TPSA) is 69.8 Å². The average molecular weight is 393 g/mol. The number of amides is 1. The summed E-state index contributed by atoms with van der Waals surface area (Å²) in [5.74, 6) is 0.911. The summed E-state index contributed by atoms with van der Waals surface area (Å²) in [6.45, 7) is 8.52. The molecule has 0 radical (unpaired) electrons. The van der Waals surface area contributed by atoms with Crippen molar-refractivity contribution >= 4 is 11.7 Å². The number of nitrogens with one attached hydrogen (secondary N) is 2. The van der Waals surface area contributed by atoms with Crippen molar-refractivity contribution in [2.75, 3.05) is 11.9 Å². The Bertz CT molecular complexity index is 886. The van der Waals surface area contributed by atoms with E-state index in [2.05, 4.69) is 47.3 Å². The second-order valence-corrected chi connectivity index (χ2v) is 8.42. The molecule has 1 aliphatic carbocycles. The minimum atomic E-state index is -0.111. The summed E-state index contributed by atoms with van der Waals surface area (Å²) in [5, 5.41) is 16.2. The smallest absolute Gasteiger partial charge is 0.239 e.